The number of halogens is 2. The van der Waals surface area contributed by atoms with Crippen molar-refractivity contribution in [2.45, 2.75) is 19.5 Å². The quantitative estimate of drug-likeness (QED) is 0.804. The number of hydrogen-bond donors (Lipinski definition) is 0. The van der Waals surface area contributed by atoms with Gasteiger partial charge in [-0.25, -0.2) is 4.39 Å². The van der Waals surface area contributed by atoms with Gasteiger partial charge < -0.3 is 0 Å². The Balaban J connectivity index is 1.73. The van der Waals surface area contributed by atoms with Crippen molar-refractivity contribution in [2.75, 3.05) is 6.54 Å². The highest BCUT2D eigenvalue weighted by atomic mass is 79.9. The fourth-order valence-corrected chi connectivity index (χ4v) is 2.98. The van der Waals surface area contributed by atoms with Crippen LogP contribution in [0, 0.1) is 5.82 Å². The molecule has 0 aliphatic carbocycles. The van der Waals surface area contributed by atoms with Crippen LogP contribution in [0.3, 0.4) is 0 Å². The van der Waals surface area contributed by atoms with E-state index in [0.29, 0.717) is 0 Å². The Morgan fingerprint density at radius 2 is 1.84 bits per heavy atom. The van der Waals surface area contributed by atoms with Gasteiger partial charge in [0.25, 0.3) is 0 Å². The summed E-state index contributed by atoms with van der Waals surface area (Å²) in [5, 5.41) is 0. The molecule has 0 saturated heterocycles. The van der Waals surface area contributed by atoms with Crippen molar-refractivity contribution in [3.63, 3.8) is 0 Å². The summed E-state index contributed by atoms with van der Waals surface area (Å²) in [5.41, 5.74) is 4.00. The highest BCUT2D eigenvalue weighted by Crippen LogP contribution is 2.24. The lowest BCUT2D eigenvalue weighted by Gasteiger charge is -2.29. The molecule has 0 amide bonds. The smallest absolute Gasteiger partial charge is 0.123 e. The summed E-state index contributed by atoms with van der Waals surface area (Å²) in [6.45, 7) is 2.91. The number of rotatable bonds is 2. The molecule has 98 valence electrons. The van der Waals surface area contributed by atoms with E-state index >= 15 is 0 Å². The molecule has 1 nitrogen and oxygen atoms in total. The number of benzene rings is 2. The van der Waals surface area contributed by atoms with Gasteiger partial charge in [0.1, 0.15) is 5.82 Å². The first-order chi connectivity index (χ1) is 9.20. The molecule has 0 N–H and O–H groups in total. The Morgan fingerprint density at radius 3 is 2.63 bits per heavy atom. The van der Waals surface area contributed by atoms with Crippen LogP contribution in [-0.4, -0.2) is 11.4 Å². The van der Waals surface area contributed by atoms with Crippen molar-refractivity contribution >= 4 is 15.9 Å². The van der Waals surface area contributed by atoms with E-state index in [1.165, 1.54) is 28.8 Å². The Kier molecular flexibility index (Phi) is 3.67. The van der Waals surface area contributed by atoms with E-state index in [1.54, 1.807) is 0 Å². The zero-order valence-corrected chi connectivity index (χ0v) is 12.2. The van der Waals surface area contributed by atoms with Crippen LogP contribution in [0.5, 0.6) is 0 Å². The minimum Gasteiger partial charge on any atom is -0.294 e. The van der Waals surface area contributed by atoms with E-state index in [0.717, 1.165) is 30.5 Å². The number of hydrogen-bond acceptors (Lipinski definition) is 1. The van der Waals surface area contributed by atoms with Gasteiger partial charge in [0.15, 0.2) is 0 Å². The summed E-state index contributed by atoms with van der Waals surface area (Å²) in [4.78, 5) is 2.40. The number of fused-ring (bicyclic) bond motifs is 1. The monoisotopic (exact) mass is 319 g/mol. The molecule has 2 aromatic rings. The van der Waals surface area contributed by atoms with Crippen LogP contribution in [0.15, 0.2) is 46.9 Å². The van der Waals surface area contributed by atoms with Crippen molar-refractivity contribution in [3.05, 3.63) is 69.4 Å². The van der Waals surface area contributed by atoms with Gasteiger partial charge in [-0.1, -0.05) is 34.1 Å². The maximum absolute atomic E-state index is 12.9. The first-order valence-corrected chi connectivity index (χ1v) is 7.24. The molecule has 0 fully saturated rings. The van der Waals surface area contributed by atoms with Gasteiger partial charge in [-0.2, -0.15) is 0 Å². The van der Waals surface area contributed by atoms with Crippen molar-refractivity contribution in [3.8, 4) is 0 Å². The van der Waals surface area contributed by atoms with E-state index in [-0.39, 0.29) is 5.82 Å². The number of nitrogens with zero attached hydrogens (tertiary/aromatic N) is 1. The Bertz CT molecular complexity index is 580. The molecule has 19 heavy (non-hydrogen) atoms. The van der Waals surface area contributed by atoms with Gasteiger partial charge >= 0.3 is 0 Å². The fourth-order valence-electron chi connectivity index (χ4n) is 2.57. The topological polar surface area (TPSA) is 3.24 Å². The average Bonchev–Trinajstić information content (AvgIpc) is 2.41. The minimum absolute atomic E-state index is 0.170. The van der Waals surface area contributed by atoms with Crippen molar-refractivity contribution < 1.29 is 4.39 Å². The van der Waals surface area contributed by atoms with Gasteiger partial charge in [-0.15, -0.1) is 0 Å². The predicted octanol–water partition coefficient (Wildman–Crippen LogP) is 4.15. The zero-order chi connectivity index (χ0) is 13.2. The lowest BCUT2D eigenvalue weighted by atomic mass is 9.99. The summed E-state index contributed by atoms with van der Waals surface area (Å²) >= 11 is 3.52. The van der Waals surface area contributed by atoms with E-state index in [4.69, 9.17) is 0 Å². The summed E-state index contributed by atoms with van der Waals surface area (Å²) in [6, 6.07) is 13.3. The van der Waals surface area contributed by atoms with Gasteiger partial charge in [-0.3, -0.25) is 4.90 Å². The first-order valence-electron chi connectivity index (χ1n) is 6.45. The highest BCUT2D eigenvalue weighted by Gasteiger charge is 2.16. The van der Waals surface area contributed by atoms with Crippen LogP contribution >= 0.6 is 15.9 Å². The van der Waals surface area contributed by atoms with E-state index in [9.17, 15) is 4.39 Å². The maximum Gasteiger partial charge on any atom is 0.123 e. The standard InChI is InChI=1S/C16H15BrFN/c17-15-4-3-13-7-8-19(11-14(13)9-15)10-12-1-5-16(18)6-2-12/h1-6,9H,7-8,10-11H2. The molecule has 0 atom stereocenters. The molecule has 3 heteroatoms. The summed E-state index contributed by atoms with van der Waals surface area (Å²) in [7, 11) is 0. The normalized spacial score (nSPS) is 15.3. The maximum atomic E-state index is 12.9. The van der Waals surface area contributed by atoms with Crippen LogP contribution in [0.4, 0.5) is 4.39 Å². The Hall–Kier alpha value is -1.19. The molecule has 0 radical (unpaired) electrons. The van der Waals surface area contributed by atoms with Gasteiger partial charge in [0, 0.05) is 24.1 Å². The lowest BCUT2D eigenvalue weighted by molar-refractivity contribution is 0.245. The van der Waals surface area contributed by atoms with Crippen molar-refractivity contribution in [1.82, 2.24) is 4.90 Å². The SMILES string of the molecule is Fc1ccc(CN2CCc3ccc(Br)cc3C2)cc1. The lowest BCUT2D eigenvalue weighted by Crippen LogP contribution is -2.30. The molecule has 1 aliphatic rings. The molecule has 0 unspecified atom stereocenters. The Labute approximate surface area is 121 Å². The third-order valence-electron chi connectivity index (χ3n) is 3.58. The van der Waals surface area contributed by atoms with E-state index in [1.807, 2.05) is 12.1 Å². The van der Waals surface area contributed by atoms with Crippen LogP contribution in [0.25, 0.3) is 0 Å². The summed E-state index contributed by atoms with van der Waals surface area (Å²) in [5.74, 6) is -0.170. The minimum atomic E-state index is -0.170. The second-order valence-corrected chi connectivity index (χ2v) is 5.92. The van der Waals surface area contributed by atoms with Crippen LogP contribution in [0.2, 0.25) is 0 Å². The molecule has 0 spiro atoms. The van der Waals surface area contributed by atoms with Crippen LogP contribution in [-0.2, 0) is 19.5 Å². The molecular weight excluding hydrogens is 305 g/mol. The first kappa shape index (κ1) is 12.8. The summed E-state index contributed by atoms with van der Waals surface area (Å²) < 4.78 is 14.0. The van der Waals surface area contributed by atoms with Crippen LogP contribution < -0.4 is 0 Å². The third-order valence-corrected chi connectivity index (χ3v) is 4.07. The summed E-state index contributed by atoms with van der Waals surface area (Å²) in [6.07, 6.45) is 1.09. The predicted molar refractivity (Wildman–Crippen MR) is 78.4 cm³/mol. The largest absolute Gasteiger partial charge is 0.294 e. The van der Waals surface area contributed by atoms with E-state index < -0.39 is 0 Å². The Morgan fingerprint density at radius 1 is 1.05 bits per heavy atom. The van der Waals surface area contributed by atoms with Gasteiger partial charge in [-0.05, 0) is 47.4 Å². The average molecular weight is 320 g/mol. The molecule has 3 rings (SSSR count). The second kappa shape index (κ2) is 5.43. The second-order valence-electron chi connectivity index (χ2n) is 5.00. The van der Waals surface area contributed by atoms with Crippen molar-refractivity contribution in [1.29, 1.82) is 0 Å². The van der Waals surface area contributed by atoms with Crippen molar-refractivity contribution in [2.24, 2.45) is 0 Å². The molecule has 1 heterocycles. The zero-order valence-electron chi connectivity index (χ0n) is 10.6. The fraction of sp³-hybridized carbons (Fsp3) is 0.250. The van der Waals surface area contributed by atoms with Crippen LogP contribution in [0.1, 0.15) is 16.7 Å². The molecule has 0 saturated carbocycles. The molecule has 0 aromatic heterocycles. The molecule has 0 bridgehead atoms. The molecule has 1 aliphatic heterocycles. The van der Waals surface area contributed by atoms with Gasteiger partial charge in [0.05, 0.1) is 0 Å². The third kappa shape index (κ3) is 3.04. The van der Waals surface area contributed by atoms with E-state index in [2.05, 4.69) is 39.0 Å². The molecular formula is C16H15BrFN. The highest BCUT2D eigenvalue weighted by molar-refractivity contribution is 9.10. The molecule has 2 aromatic carbocycles. The van der Waals surface area contributed by atoms with Gasteiger partial charge in [0.2, 0.25) is 0 Å².